The Kier molecular flexibility index (Phi) is 14.7. The molecule has 4 rings (SSSR count). The molecule has 46 heavy (non-hydrogen) atoms. The Hall–Kier alpha value is -0.290. The van der Waals surface area contributed by atoms with Crippen LogP contribution in [0.25, 0.3) is 0 Å². The average Bonchev–Trinajstić information content (AvgIpc) is 3.36. The Labute approximate surface area is 283 Å². The van der Waals surface area contributed by atoms with Crippen molar-refractivity contribution in [2.24, 2.45) is 58.0 Å². The second-order valence-electron chi connectivity index (χ2n) is 16.9. The first-order valence-electron chi connectivity index (χ1n) is 19.4. The molecule has 270 valence electrons. The van der Waals surface area contributed by atoms with Crippen LogP contribution in [0.2, 0.25) is 0 Å². The van der Waals surface area contributed by atoms with Crippen molar-refractivity contribution >= 4 is 10.4 Å². The SMILES string of the molecule is CC(C)C(CC[C@@H](C)C1CCC2C3CCC4CC(NCCCNCCCCNCCCN)CCC4(C)C3CCC21C)OS(=O)(=O)O. The molecule has 9 heteroatoms. The lowest BCUT2D eigenvalue weighted by molar-refractivity contribution is -0.118. The van der Waals surface area contributed by atoms with Crippen LogP contribution in [-0.4, -0.2) is 64.4 Å². The number of hydrogen-bond donors (Lipinski definition) is 5. The first kappa shape index (κ1) is 38.5. The first-order chi connectivity index (χ1) is 21.9. The summed E-state index contributed by atoms with van der Waals surface area (Å²) in [5.41, 5.74) is 6.44. The van der Waals surface area contributed by atoms with Crippen molar-refractivity contribution in [3.8, 4) is 0 Å². The van der Waals surface area contributed by atoms with E-state index >= 15 is 0 Å². The maximum atomic E-state index is 11.4. The largest absolute Gasteiger partial charge is 0.397 e. The Bertz CT molecular complexity index is 1010. The Morgan fingerprint density at radius 1 is 0.804 bits per heavy atom. The van der Waals surface area contributed by atoms with Gasteiger partial charge < -0.3 is 21.7 Å². The summed E-state index contributed by atoms with van der Waals surface area (Å²) in [5, 5.41) is 11.1. The molecule has 4 saturated carbocycles. The van der Waals surface area contributed by atoms with Crippen LogP contribution in [0.5, 0.6) is 0 Å². The zero-order valence-electron chi connectivity index (χ0n) is 30.2. The van der Waals surface area contributed by atoms with Crippen molar-refractivity contribution in [1.29, 1.82) is 0 Å². The zero-order valence-corrected chi connectivity index (χ0v) is 31.0. The minimum atomic E-state index is -4.42. The second kappa shape index (κ2) is 17.6. The van der Waals surface area contributed by atoms with Crippen LogP contribution in [0.4, 0.5) is 0 Å². The van der Waals surface area contributed by atoms with Crippen LogP contribution in [0, 0.1) is 52.3 Å². The molecule has 4 fully saturated rings. The standard InChI is InChI=1S/C37H72N4O4S/c1-27(2)35(45-46(42,43)44)15-10-28(3)32-13-14-33-31-12-11-29-26-30(16-18-36(29,4)34(31)17-19-37(32,33)5)41-25-9-24-40-22-7-6-21-39-23-8-20-38/h27-35,39-41H,6-26,38H2,1-5H3,(H,42,43,44)/t28-,29?,30?,31?,32?,33?,34?,35?,36?,37?/m1/s1. The van der Waals surface area contributed by atoms with Gasteiger partial charge in [0.15, 0.2) is 0 Å². The van der Waals surface area contributed by atoms with Crippen molar-refractivity contribution in [2.75, 3.05) is 39.3 Å². The third kappa shape index (κ3) is 9.91. The van der Waals surface area contributed by atoms with Crippen molar-refractivity contribution < 1.29 is 17.2 Å². The minimum absolute atomic E-state index is 0.0506. The number of unbranched alkanes of at least 4 members (excludes halogenated alkanes) is 1. The Balaban J connectivity index is 1.19. The summed E-state index contributed by atoms with van der Waals surface area (Å²) >= 11 is 0. The summed E-state index contributed by atoms with van der Waals surface area (Å²) in [6.07, 6.45) is 18.3. The molecule has 0 radical (unpaired) electrons. The smallest absolute Gasteiger partial charge is 0.330 e. The third-order valence-electron chi connectivity index (χ3n) is 13.8. The molecular weight excluding hydrogens is 596 g/mol. The second-order valence-corrected chi connectivity index (χ2v) is 17.9. The summed E-state index contributed by atoms with van der Waals surface area (Å²) in [5.74, 6) is 4.74. The number of hydrogen-bond acceptors (Lipinski definition) is 7. The van der Waals surface area contributed by atoms with Gasteiger partial charge in [0.1, 0.15) is 0 Å². The zero-order chi connectivity index (χ0) is 33.4. The van der Waals surface area contributed by atoms with E-state index in [1.165, 1.54) is 77.0 Å². The van der Waals surface area contributed by atoms with Gasteiger partial charge in [-0.1, -0.05) is 34.6 Å². The number of nitrogens with one attached hydrogen (secondary N) is 3. The fraction of sp³-hybridized carbons (Fsp3) is 1.00. The van der Waals surface area contributed by atoms with Gasteiger partial charge in [-0.25, -0.2) is 4.18 Å². The fourth-order valence-electron chi connectivity index (χ4n) is 11.2. The fourth-order valence-corrected chi connectivity index (χ4v) is 11.8. The third-order valence-corrected chi connectivity index (χ3v) is 14.3. The molecule has 4 aliphatic carbocycles. The van der Waals surface area contributed by atoms with Gasteiger partial charge in [-0.15, -0.1) is 0 Å². The van der Waals surface area contributed by atoms with Crippen LogP contribution in [0.1, 0.15) is 131 Å². The van der Waals surface area contributed by atoms with E-state index in [1.54, 1.807) is 0 Å². The van der Waals surface area contributed by atoms with Gasteiger partial charge in [0.2, 0.25) is 0 Å². The highest BCUT2D eigenvalue weighted by Gasteiger charge is 2.60. The Morgan fingerprint density at radius 3 is 2.13 bits per heavy atom. The molecule has 4 aliphatic rings. The highest BCUT2D eigenvalue weighted by atomic mass is 32.3. The highest BCUT2D eigenvalue weighted by Crippen LogP contribution is 2.68. The van der Waals surface area contributed by atoms with Gasteiger partial charge >= 0.3 is 10.4 Å². The molecule has 0 aromatic heterocycles. The van der Waals surface area contributed by atoms with Gasteiger partial charge in [-0.05, 0) is 188 Å². The van der Waals surface area contributed by atoms with Gasteiger partial charge in [0.25, 0.3) is 0 Å². The van der Waals surface area contributed by atoms with E-state index in [4.69, 9.17) is 9.92 Å². The topological polar surface area (TPSA) is 126 Å². The van der Waals surface area contributed by atoms with E-state index in [2.05, 4.69) is 36.7 Å². The van der Waals surface area contributed by atoms with Gasteiger partial charge in [-0.3, -0.25) is 4.55 Å². The predicted molar refractivity (Wildman–Crippen MR) is 190 cm³/mol. The summed E-state index contributed by atoms with van der Waals surface area (Å²) < 4.78 is 37.2. The predicted octanol–water partition coefficient (Wildman–Crippen LogP) is 6.56. The number of fused-ring (bicyclic) bond motifs is 5. The van der Waals surface area contributed by atoms with Gasteiger partial charge in [-0.2, -0.15) is 8.42 Å². The molecule has 0 bridgehead atoms. The van der Waals surface area contributed by atoms with E-state index in [0.717, 1.165) is 75.8 Å². The van der Waals surface area contributed by atoms with E-state index in [1.807, 2.05) is 13.8 Å². The van der Waals surface area contributed by atoms with Gasteiger partial charge in [0, 0.05) is 6.04 Å². The highest BCUT2D eigenvalue weighted by molar-refractivity contribution is 7.80. The quantitative estimate of drug-likeness (QED) is 0.0730. The van der Waals surface area contributed by atoms with E-state index in [9.17, 15) is 13.0 Å². The molecule has 0 aromatic rings. The van der Waals surface area contributed by atoms with Crippen molar-refractivity contribution in [1.82, 2.24) is 16.0 Å². The monoisotopic (exact) mass is 669 g/mol. The lowest BCUT2D eigenvalue weighted by Gasteiger charge is -2.61. The van der Waals surface area contributed by atoms with E-state index in [0.29, 0.717) is 35.1 Å². The lowest BCUT2D eigenvalue weighted by Crippen LogP contribution is -2.55. The summed E-state index contributed by atoms with van der Waals surface area (Å²) in [7, 11) is -4.42. The molecule has 0 aromatic carbocycles. The molecule has 0 saturated heterocycles. The molecule has 10 atom stereocenters. The molecule has 0 amide bonds. The molecule has 8 nitrogen and oxygen atoms in total. The van der Waals surface area contributed by atoms with Gasteiger partial charge in [0.05, 0.1) is 6.10 Å². The molecule has 6 N–H and O–H groups in total. The summed E-state index contributed by atoms with van der Waals surface area (Å²) in [4.78, 5) is 0. The Morgan fingerprint density at radius 2 is 1.46 bits per heavy atom. The van der Waals surface area contributed by atoms with Crippen molar-refractivity contribution in [3.63, 3.8) is 0 Å². The summed E-state index contributed by atoms with van der Waals surface area (Å²) in [6.45, 7) is 17.9. The normalized spacial score (nSPS) is 35.8. The van der Waals surface area contributed by atoms with E-state index in [-0.39, 0.29) is 5.92 Å². The molecule has 9 unspecified atom stereocenters. The maximum absolute atomic E-state index is 11.4. The maximum Gasteiger partial charge on any atom is 0.397 e. The number of nitrogens with two attached hydrogens (primary N) is 1. The van der Waals surface area contributed by atoms with E-state index < -0.39 is 16.5 Å². The van der Waals surface area contributed by atoms with Crippen molar-refractivity contribution in [2.45, 2.75) is 143 Å². The van der Waals surface area contributed by atoms with Crippen LogP contribution in [0.15, 0.2) is 0 Å². The van der Waals surface area contributed by atoms with Crippen LogP contribution in [0.3, 0.4) is 0 Å². The molecular formula is C37H72N4O4S. The first-order valence-corrected chi connectivity index (χ1v) is 20.8. The molecule has 0 aliphatic heterocycles. The van der Waals surface area contributed by atoms with Crippen LogP contribution in [-0.2, 0) is 14.6 Å². The molecule has 0 spiro atoms. The molecule has 0 heterocycles. The van der Waals surface area contributed by atoms with Crippen LogP contribution >= 0.6 is 0 Å². The van der Waals surface area contributed by atoms with Crippen molar-refractivity contribution in [3.05, 3.63) is 0 Å². The lowest BCUT2D eigenvalue weighted by atomic mass is 9.44. The summed E-state index contributed by atoms with van der Waals surface area (Å²) in [6, 6.07) is 0.694. The number of rotatable bonds is 20. The minimum Gasteiger partial charge on any atom is -0.330 e. The van der Waals surface area contributed by atoms with Crippen LogP contribution < -0.4 is 21.7 Å². The average molecular weight is 669 g/mol.